The van der Waals surface area contributed by atoms with Crippen LogP contribution in [0.2, 0.25) is 0 Å². The van der Waals surface area contributed by atoms with Crippen LogP contribution in [-0.4, -0.2) is 32.6 Å². The van der Waals surface area contributed by atoms with Crippen molar-refractivity contribution < 1.29 is 9.53 Å². The molecule has 162 valence electrons. The predicted octanol–water partition coefficient (Wildman–Crippen LogP) is 4.55. The number of nitrogens with one attached hydrogen (secondary N) is 1. The number of rotatable bonds is 6. The molecule has 32 heavy (non-hydrogen) atoms. The fourth-order valence-corrected chi connectivity index (χ4v) is 3.53. The summed E-state index contributed by atoms with van der Waals surface area (Å²) < 4.78 is 9.01. The van der Waals surface area contributed by atoms with E-state index in [1.165, 1.54) is 6.08 Å². The molecule has 2 aromatic carbocycles. The van der Waals surface area contributed by atoms with Crippen LogP contribution in [0, 0.1) is 13.8 Å². The normalized spacial score (nSPS) is 11.1. The molecule has 7 nitrogen and oxygen atoms in total. The molecule has 4 rings (SSSR count). The number of benzene rings is 2. The molecular formula is C25H25N5O2. The molecule has 0 spiro atoms. The topological polar surface area (TPSA) is 74.0 Å². The number of ether oxygens (including phenoxy) is 1. The van der Waals surface area contributed by atoms with Crippen molar-refractivity contribution in [2.45, 2.75) is 13.8 Å². The molecule has 2 aromatic heterocycles. The van der Waals surface area contributed by atoms with Gasteiger partial charge in [-0.15, -0.1) is 0 Å². The molecule has 0 radical (unpaired) electrons. The molecule has 0 atom stereocenters. The Kier molecular flexibility index (Phi) is 5.89. The first-order valence-electron chi connectivity index (χ1n) is 10.3. The van der Waals surface area contributed by atoms with E-state index in [0.717, 1.165) is 33.8 Å². The standard InChI is InChI=1S/C25H25N5O2/c1-17-18(2)27-29(3)25(17)26-23(31)15-14-19-16-30(20-10-6-5-7-11-20)28-24(19)21-12-8-9-13-22(21)32-4/h5-16H,1-4H3,(H,26,31). The van der Waals surface area contributed by atoms with Crippen LogP contribution in [0.5, 0.6) is 5.75 Å². The third-order valence-electron chi connectivity index (χ3n) is 5.30. The van der Waals surface area contributed by atoms with E-state index in [-0.39, 0.29) is 5.91 Å². The van der Waals surface area contributed by atoms with E-state index in [4.69, 9.17) is 9.84 Å². The highest BCUT2D eigenvalue weighted by Gasteiger charge is 2.15. The van der Waals surface area contributed by atoms with Gasteiger partial charge >= 0.3 is 0 Å². The maximum Gasteiger partial charge on any atom is 0.249 e. The van der Waals surface area contributed by atoms with Crippen molar-refractivity contribution in [2.75, 3.05) is 12.4 Å². The Balaban J connectivity index is 1.70. The fraction of sp³-hybridized carbons (Fsp3) is 0.160. The van der Waals surface area contributed by atoms with Gasteiger partial charge in [0.05, 0.1) is 18.5 Å². The second-order valence-electron chi connectivity index (χ2n) is 7.42. The summed E-state index contributed by atoms with van der Waals surface area (Å²) in [5.41, 5.74) is 5.13. The molecular weight excluding hydrogens is 402 g/mol. The monoisotopic (exact) mass is 427 g/mol. The molecule has 2 heterocycles. The average molecular weight is 428 g/mol. The Morgan fingerprint density at radius 2 is 1.75 bits per heavy atom. The van der Waals surface area contributed by atoms with Gasteiger partial charge in [0.15, 0.2) is 0 Å². The number of carbonyl (C=O) groups excluding carboxylic acids is 1. The Bertz CT molecular complexity index is 1290. The Labute approximate surface area is 187 Å². The number of hydrogen-bond acceptors (Lipinski definition) is 4. The van der Waals surface area contributed by atoms with Crippen molar-refractivity contribution in [1.29, 1.82) is 0 Å². The highest BCUT2D eigenvalue weighted by atomic mass is 16.5. The molecule has 7 heteroatoms. The van der Waals surface area contributed by atoms with E-state index >= 15 is 0 Å². The van der Waals surface area contributed by atoms with Gasteiger partial charge in [-0.1, -0.05) is 30.3 Å². The van der Waals surface area contributed by atoms with Gasteiger partial charge in [0.1, 0.15) is 17.3 Å². The van der Waals surface area contributed by atoms with Crippen molar-refractivity contribution >= 4 is 17.8 Å². The second-order valence-corrected chi connectivity index (χ2v) is 7.42. The van der Waals surface area contributed by atoms with E-state index in [0.29, 0.717) is 11.6 Å². The van der Waals surface area contributed by atoms with Crippen LogP contribution in [0.4, 0.5) is 5.82 Å². The molecule has 0 saturated carbocycles. The molecule has 0 aliphatic heterocycles. The van der Waals surface area contributed by atoms with Crippen molar-refractivity contribution in [2.24, 2.45) is 7.05 Å². The number of methoxy groups -OCH3 is 1. The van der Waals surface area contributed by atoms with Gasteiger partial charge in [0.2, 0.25) is 5.91 Å². The lowest BCUT2D eigenvalue weighted by atomic mass is 10.1. The molecule has 0 aliphatic carbocycles. The summed E-state index contributed by atoms with van der Waals surface area (Å²) in [7, 11) is 3.44. The number of aromatic nitrogens is 4. The first-order chi connectivity index (χ1) is 15.5. The lowest BCUT2D eigenvalue weighted by Crippen LogP contribution is -2.12. The maximum absolute atomic E-state index is 12.7. The Hall–Kier alpha value is -4.13. The van der Waals surface area contributed by atoms with Gasteiger partial charge < -0.3 is 10.1 Å². The zero-order chi connectivity index (χ0) is 22.7. The summed E-state index contributed by atoms with van der Waals surface area (Å²) in [6.07, 6.45) is 5.18. The van der Waals surface area contributed by atoms with Crippen LogP contribution < -0.4 is 10.1 Å². The summed E-state index contributed by atoms with van der Waals surface area (Å²) in [5.74, 6) is 1.16. The molecule has 0 saturated heterocycles. The molecule has 0 aliphatic rings. The maximum atomic E-state index is 12.7. The number of aryl methyl sites for hydroxylation is 2. The highest BCUT2D eigenvalue weighted by Crippen LogP contribution is 2.32. The van der Waals surface area contributed by atoms with E-state index in [9.17, 15) is 4.79 Å². The van der Waals surface area contributed by atoms with Crippen LogP contribution in [-0.2, 0) is 11.8 Å². The molecule has 0 unspecified atom stereocenters. The first kappa shape index (κ1) is 21.1. The summed E-state index contributed by atoms with van der Waals surface area (Å²) in [4.78, 5) is 12.7. The van der Waals surface area contributed by atoms with Crippen LogP contribution in [0.1, 0.15) is 16.8 Å². The predicted molar refractivity (Wildman–Crippen MR) is 126 cm³/mol. The molecule has 4 aromatic rings. The van der Waals surface area contributed by atoms with E-state index in [1.54, 1.807) is 22.5 Å². The van der Waals surface area contributed by atoms with Crippen LogP contribution >= 0.6 is 0 Å². The molecule has 0 bridgehead atoms. The largest absolute Gasteiger partial charge is 0.496 e. The van der Waals surface area contributed by atoms with Gasteiger partial charge in [-0.3, -0.25) is 9.48 Å². The summed E-state index contributed by atoms with van der Waals surface area (Å²) in [6.45, 7) is 3.85. The van der Waals surface area contributed by atoms with E-state index < -0.39 is 0 Å². The van der Waals surface area contributed by atoms with Crippen LogP contribution in [0.15, 0.2) is 66.9 Å². The minimum Gasteiger partial charge on any atom is -0.496 e. The van der Waals surface area contributed by atoms with Gasteiger partial charge in [0, 0.05) is 36.0 Å². The number of amides is 1. The first-order valence-corrected chi connectivity index (χ1v) is 10.3. The van der Waals surface area contributed by atoms with Gasteiger partial charge in [-0.25, -0.2) is 4.68 Å². The fourth-order valence-electron chi connectivity index (χ4n) is 3.53. The number of para-hydroxylation sites is 2. The van der Waals surface area contributed by atoms with E-state index in [2.05, 4.69) is 10.4 Å². The highest BCUT2D eigenvalue weighted by molar-refractivity contribution is 6.02. The van der Waals surface area contributed by atoms with Crippen LogP contribution in [0.3, 0.4) is 0 Å². The zero-order valence-electron chi connectivity index (χ0n) is 18.5. The molecule has 1 N–H and O–H groups in total. The van der Waals surface area contributed by atoms with Gasteiger partial charge in [-0.05, 0) is 44.2 Å². The molecule has 0 fully saturated rings. The quantitative estimate of drug-likeness (QED) is 0.458. The lowest BCUT2D eigenvalue weighted by Gasteiger charge is -2.07. The lowest BCUT2D eigenvalue weighted by molar-refractivity contribution is -0.111. The third-order valence-corrected chi connectivity index (χ3v) is 5.30. The Morgan fingerprint density at radius 3 is 2.44 bits per heavy atom. The number of nitrogens with zero attached hydrogens (tertiary/aromatic N) is 4. The molecule has 1 amide bonds. The zero-order valence-corrected chi connectivity index (χ0v) is 18.5. The third kappa shape index (κ3) is 4.18. The van der Waals surface area contributed by atoms with E-state index in [1.807, 2.05) is 81.7 Å². The second kappa shape index (κ2) is 8.93. The SMILES string of the molecule is COc1ccccc1-c1nn(-c2ccccc2)cc1C=CC(=O)Nc1c(C)c(C)nn1C. The number of carbonyl (C=O) groups is 1. The summed E-state index contributed by atoms with van der Waals surface area (Å²) >= 11 is 0. The number of anilines is 1. The Morgan fingerprint density at radius 1 is 1.03 bits per heavy atom. The minimum absolute atomic E-state index is 0.241. The van der Waals surface area contributed by atoms with Crippen molar-refractivity contribution in [3.05, 3.63) is 83.7 Å². The summed E-state index contributed by atoms with van der Waals surface area (Å²) in [6, 6.07) is 17.5. The number of hydrogen-bond donors (Lipinski definition) is 1. The summed E-state index contributed by atoms with van der Waals surface area (Å²) in [5, 5.41) is 12.0. The van der Waals surface area contributed by atoms with Crippen molar-refractivity contribution in [3.8, 4) is 22.7 Å². The smallest absolute Gasteiger partial charge is 0.249 e. The van der Waals surface area contributed by atoms with Crippen LogP contribution in [0.25, 0.3) is 23.0 Å². The van der Waals surface area contributed by atoms with Gasteiger partial charge in [-0.2, -0.15) is 10.2 Å². The van der Waals surface area contributed by atoms with Crippen molar-refractivity contribution in [3.63, 3.8) is 0 Å². The van der Waals surface area contributed by atoms with Crippen molar-refractivity contribution in [1.82, 2.24) is 19.6 Å². The van der Waals surface area contributed by atoms with Gasteiger partial charge in [0.25, 0.3) is 0 Å². The average Bonchev–Trinajstić information content (AvgIpc) is 3.34. The minimum atomic E-state index is -0.241.